The van der Waals surface area contributed by atoms with E-state index in [1.807, 2.05) is 13.0 Å². The Morgan fingerprint density at radius 2 is 2.04 bits per heavy atom. The van der Waals surface area contributed by atoms with Crippen LogP contribution < -0.4 is 10.1 Å². The van der Waals surface area contributed by atoms with Crippen LogP contribution in [0.2, 0.25) is 5.02 Å². The number of nitrogens with one attached hydrogen (secondary N) is 1. The van der Waals surface area contributed by atoms with Gasteiger partial charge in [-0.25, -0.2) is 0 Å². The van der Waals surface area contributed by atoms with Gasteiger partial charge < -0.3 is 10.1 Å². The topological polar surface area (TPSA) is 62.1 Å². The first-order chi connectivity index (χ1) is 11.1. The third kappa shape index (κ3) is 4.87. The molecule has 0 saturated carbocycles. The van der Waals surface area contributed by atoms with Crippen LogP contribution in [0.1, 0.15) is 12.5 Å². The van der Waals surface area contributed by atoms with Crippen LogP contribution in [0.25, 0.3) is 6.08 Å². The Balaban J connectivity index is 2.12. The van der Waals surface area contributed by atoms with Crippen LogP contribution in [-0.4, -0.2) is 12.5 Å². The number of rotatable bonds is 5. The zero-order valence-corrected chi connectivity index (χ0v) is 13.3. The van der Waals surface area contributed by atoms with E-state index in [9.17, 15) is 10.1 Å². The second-order valence-electron chi connectivity index (χ2n) is 4.64. The van der Waals surface area contributed by atoms with Crippen molar-refractivity contribution in [2.24, 2.45) is 0 Å². The molecular weight excluding hydrogens is 312 g/mol. The molecule has 0 aliphatic rings. The Morgan fingerprint density at radius 3 is 2.65 bits per heavy atom. The molecule has 1 amide bonds. The van der Waals surface area contributed by atoms with Crippen molar-refractivity contribution in [2.75, 3.05) is 11.9 Å². The maximum absolute atomic E-state index is 12.2. The number of halogens is 1. The summed E-state index contributed by atoms with van der Waals surface area (Å²) >= 11 is 5.90. The summed E-state index contributed by atoms with van der Waals surface area (Å²) in [5.74, 6) is 0.247. The van der Waals surface area contributed by atoms with Crippen molar-refractivity contribution in [1.29, 1.82) is 5.26 Å². The van der Waals surface area contributed by atoms with E-state index in [0.29, 0.717) is 22.9 Å². The van der Waals surface area contributed by atoms with Crippen LogP contribution in [-0.2, 0) is 4.79 Å². The molecule has 0 atom stereocenters. The molecule has 2 aromatic carbocycles. The van der Waals surface area contributed by atoms with Crippen molar-refractivity contribution in [2.45, 2.75) is 6.92 Å². The highest BCUT2D eigenvalue weighted by Gasteiger charge is 2.09. The first kappa shape index (κ1) is 16.6. The normalized spacial score (nSPS) is 10.7. The molecule has 1 N–H and O–H groups in total. The summed E-state index contributed by atoms with van der Waals surface area (Å²) in [7, 11) is 0. The SMILES string of the molecule is CCOc1ccc(NC(=O)/C(C#N)=C/c2cccc(Cl)c2)cc1. The average Bonchev–Trinajstić information content (AvgIpc) is 2.54. The Bertz CT molecular complexity index is 761. The van der Waals surface area contributed by atoms with Gasteiger partial charge >= 0.3 is 0 Å². The molecule has 0 radical (unpaired) electrons. The minimum Gasteiger partial charge on any atom is -0.494 e. The van der Waals surface area contributed by atoms with Crippen LogP contribution in [0.5, 0.6) is 5.75 Å². The van der Waals surface area contributed by atoms with Gasteiger partial charge in [0.05, 0.1) is 6.61 Å². The predicted molar refractivity (Wildman–Crippen MR) is 91.3 cm³/mol. The molecule has 2 aromatic rings. The van der Waals surface area contributed by atoms with Crippen molar-refractivity contribution in [1.82, 2.24) is 0 Å². The molecule has 0 fully saturated rings. The average molecular weight is 327 g/mol. The summed E-state index contributed by atoms with van der Waals surface area (Å²) < 4.78 is 5.34. The van der Waals surface area contributed by atoms with Crippen molar-refractivity contribution in [3.8, 4) is 11.8 Å². The van der Waals surface area contributed by atoms with E-state index in [4.69, 9.17) is 16.3 Å². The van der Waals surface area contributed by atoms with Crippen molar-refractivity contribution >= 4 is 29.3 Å². The second-order valence-corrected chi connectivity index (χ2v) is 5.07. The minimum absolute atomic E-state index is 0.00107. The van der Waals surface area contributed by atoms with E-state index in [0.717, 1.165) is 5.75 Å². The molecule has 0 aliphatic carbocycles. The zero-order valence-electron chi connectivity index (χ0n) is 12.5. The number of amides is 1. The van der Waals surface area contributed by atoms with Crippen LogP contribution in [0.4, 0.5) is 5.69 Å². The number of carbonyl (C=O) groups is 1. The van der Waals surface area contributed by atoms with Gasteiger partial charge in [-0.3, -0.25) is 4.79 Å². The summed E-state index contributed by atoms with van der Waals surface area (Å²) in [6.45, 7) is 2.47. The maximum Gasteiger partial charge on any atom is 0.266 e. The summed E-state index contributed by atoms with van der Waals surface area (Å²) in [5.41, 5.74) is 1.28. The minimum atomic E-state index is -0.475. The van der Waals surface area contributed by atoms with Crippen molar-refractivity contribution < 1.29 is 9.53 Å². The largest absolute Gasteiger partial charge is 0.494 e. The Labute approximate surface area is 140 Å². The van der Waals surface area contributed by atoms with Gasteiger partial charge in [0.25, 0.3) is 5.91 Å². The fourth-order valence-corrected chi connectivity index (χ4v) is 2.11. The first-order valence-corrected chi connectivity index (χ1v) is 7.41. The summed E-state index contributed by atoms with van der Waals surface area (Å²) in [5, 5.41) is 12.4. The molecule has 0 bridgehead atoms. The van der Waals surface area contributed by atoms with Gasteiger partial charge in [0.15, 0.2) is 0 Å². The number of hydrogen-bond acceptors (Lipinski definition) is 3. The molecular formula is C18H15ClN2O2. The van der Waals surface area contributed by atoms with Gasteiger partial charge in [0.1, 0.15) is 17.4 Å². The molecule has 2 rings (SSSR count). The second kappa shape index (κ2) is 8.02. The molecule has 5 heteroatoms. The fraction of sp³-hybridized carbons (Fsp3) is 0.111. The van der Waals surface area contributed by atoms with Gasteiger partial charge in [-0.05, 0) is 55.0 Å². The molecule has 0 unspecified atom stereocenters. The zero-order chi connectivity index (χ0) is 16.7. The number of benzene rings is 2. The number of ether oxygens (including phenoxy) is 1. The first-order valence-electron chi connectivity index (χ1n) is 7.04. The van der Waals surface area contributed by atoms with E-state index in [-0.39, 0.29) is 5.57 Å². The highest BCUT2D eigenvalue weighted by Crippen LogP contribution is 2.17. The van der Waals surface area contributed by atoms with E-state index >= 15 is 0 Å². The van der Waals surface area contributed by atoms with Crippen LogP contribution >= 0.6 is 11.6 Å². The van der Waals surface area contributed by atoms with E-state index in [2.05, 4.69) is 5.32 Å². The number of nitrogens with zero attached hydrogens (tertiary/aromatic N) is 1. The van der Waals surface area contributed by atoms with Gasteiger partial charge in [-0.2, -0.15) is 5.26 Å². The van der Waals surface area contributed by atoms with Gasteiger partial charge in [0.2, 0.25) is 0 Å². The van der Waals surface area contributed by atoms with Crippen molar-refractivity contribution in [3.05, 3.63) is 64.7 Å². The number of anilines is 1. The number of carbonyl (C=O) groups excluding carboxylic acids is 1. The van der Waals surface area contributed by atoms with E-state index in [1.54, 1.807) is 48.5 Å². The van der Waals surface area contributed by atoms with Crippen molar-refractivity contribution in [3.63, 3.8) is 0 Å². The lowest BCUT2D eigenvalue weighted by Gasteiger charge is -2.06. The molecule has 0 aliphatic heterocycles. The quantitative estimate of drug-likeness (QED) is 0.658. The highest BCUT2D eigenvalue weighted by atomic mass is 35.5. The maximum atomic E-state index is 12.2. The summed E-state index contributed by atoms with van der Waals surface area (Å²) in [6.07, 6.45) is 1.50. The number of nitriles is 1. The van der Waals surface area contributed by atoms with Crippen LogP contribution in [0.3, 0.4) is 0 Å². The Morgan fingerprint density at radius 1 is 1.30 bits per heavy atom. The monoisotopic (exact) mass is 326 g/mol. The molecule has 0 heterocycles. The van der Waals surface area contributed by atoms with Crippen LogP contribution in [0.15, 0.2) is 54.1 Å². The molecule has 4 nitrogen and oxygen atoms in total. The van der Waals surface area contributed by atoms with Gasteiger partial charge in [-0.1, -0.05) is 23.7 Å². The molecule has 0 saturated heterocycles. The van der Waals surface area contributed by atoms with Gasteiger partial charge in [-0.15, -0.1) is 0 Å². The Kier molecular flexibility index (Phi) is 5.79. The summed E-state index contributed by atoms with van der Waals surface area (Å²) in [6, 6.07) is 15.8. The molecule has 0 spiro atoms. The number of hydrogen-bond donors (Lipinski definition) is 1. The molecule has 23 heavy (non-hydrogen) atoms. The van der Waals surface area contributed by atoms with Gasteiger partial charge in [0, 0.05) is 10.7 Å². The smallest absolute Gasteiger partial charge is 0.266 e. The standard InChI is InChI=1S/C18H15ClN2O2/c1-2-23-17-8-6-16(7-9-17)21-18(22)14(12-20)10-13-4-3-5-15(19)11-13/h3-11H,2H2,1H3,(H,21,22)/b14-10+. The third-order valence-electron chi connectivity index (χ3n) is 2.95. The fourth-order valence-electron chi connectivity index (χ4n) is 1.91. The highest BCUT2D eigenvalue weighted by molar-refractivity contribution is 6.30. The van der Waals surface area contributed by atoms with E-state index in [1.165, 1.54) is 6.08 Å². The molecule has 0 aromatic heterocycles. The summed E-state index contributed by atoms with van der Waals surface area (Å²) in [4.78, 5) is 12.2. The van der Waals surface area contributed by atoms with Crippen LogP contribution in [0, 0.1) is 11.3 Å². The lowest BCUT2D eigenvalue weighted by atomic mass is 10.1. The molecule has 116 valence electrons. The lowest BCUT2D eigenvalue weighted by molar-refractivity contribution is -0.112. The third-order valence-corrected chi connectivity index (χ3v) is 3.18. The Hall–Kier alpha value is -2.77. The lowest BCUT2D eigenvalue weighted by Crippen LogP contribution is -2.13. The predicted octanol–water partition coefficient (Wildman–Crippen LogP) is 4.28. The van der Waals surface area contributed by atoms with E-state index < -0.39 is 5.91 Å².